The molecule has 130 valence electrons. The van der Waals surface area contributed by atoms with Crippen LogP contribution >= 0.6 is 11.3 Å². The summed E-state index contributed by atoms with van der Waals surface area (Å²) >= 11 is 1.55. The van der Waals surface area contributed by atoms with E-state index in [4.69, 9.17) is 4.74 Å². The second kappa shape index (κ2) is 8.55. The molecule has 0 saturated heterocycles. The van der Waals surface area contributed by atoms with Crippen LogP contribution < -0.4 is 10.6 Å². The Balaban J connectivity index is 1.81. The second-order valence-corrected chi connectivity index (χ2v) is 6.54. The van der Waals surface area contributed by atoms with Gasteiger partial charge in [-0.3, -0.25) is 4.98 Å². The van der Waals surface area contributed by atoms with Crippen LogP contribution in [0.2, 0.25) is 0 Å². The van der Waals surface area contributed by atoms with E-state index in [1.54, 1.807) is 37.0 Å². The number of hydrogen-bond acceptors (Lipinski definition) is 7. The van der Waals surface area contributed by atoms with E-state index < -0.39 is 0 Å². The van der Waals surface area contributed by atoms with Gasteiger partial charge in [0.25, 0.3) is 0 Å². The van der Waals surface area contributed by atoms with Crippen LogP contribution in [-0.4, -0.2) is 28.2 Å². The summed E-state index contributed by atoms with van der Waals surface area (Å²) in [4.78, 5) is 13.0. The minimum atomic E-state index is 0.197. The number of ether oxygens (including phenoxy) is 1. The number of thiazole rings is 1. The summed E-state index contributed by atoms with van der Waals surface area (Å²) < 4.78 is 5.37. The fourth-order valence-corrected chi connectivity index (χ4v) is 2.88. The fraction of sp³-hybridized carbons (Fsp3) is 0.278. The molecule has 0 aliphatic heterocycles. The van der Waals surface area contributed by atoms with Crippen LogP contribution in [0.25, 0.3) is 0 Å². The Labute approximate surface area is 151 Å². The van der Waals surface area contributed by atoms with E-state index in [9.17, 15) is 0 Å². The van der Waals surface area contributed by atoms with Crippen LogP contribution in [-0.2, 0) is 11.2 Å². The lowest BCUT2D eigenvalue weighted by molar-refractivity contribution is 0.111. The van der Waals surface area contributed by atoms with Crippen molar-refractivity contribution < 1.29 is 4.74 Å². The minimum absolute atomic E-state index is 0.197. The maximum atomic E-state index is 5.37. The van der Waals surface area contributed by atoms with Gasteiger partial charge in [-0.25, -0.2) is 9.97 Å². The van der Waals surface area contributed by atoms with E-state index in [1.165, 1.54) is 0 Å². The predicted octanol–water partition coefficient (Wildman–Crippen LogP) is 4.39. The van der Waals surface area contributed by atoms with Crippen LogP contribution in [0.5, 0.6) is 0 Å². The molecule has 0 aliphatic carbocycles. The molecule has 3 aromatic rings. The van der Waals surface area contributed by atoms with Crippen LogP contribution in [0, 0.1) is 0 Å². The summed E-state index contributed by atoms with van der Waals surface area (Å²) in [7, 11) is 1.73. The zero-order chi connectivity index (χ0) is 17.5. The number of aromatic nitrogens is 3. The topological polar surface area (TPSA) is 72.0 Å². The number of rotatable bonds is 8. The van der Waals surface area contributed by atoms with Gasteiger partial charge >= 0.3 is 0 Å². The van der Waals surface area contributed by atoms with E-state index in [-0.39, 0.29) is 6.10 Å². The van der Waals surface area contributed by atoms with Crippen molar-refractivity contribution in [2.45, 2.75) is 25.9 Å². The van der Waals surface area contributed by atoms with E-state index >= 15 is 0 Å². The van der Waals surface area contributed by atoms with Crippen molar-refractivity contribution in [3.8, 4) is 0 Å². The zero-order valence-corrected chi connectivity index (χ0v) is 15.1. The van der Waals surface area contributed by atoms with Gasteiger partial charge in [-0.1, -0.05) is 0 Å². The predicted molar refractivity (Wildman–Crippen MR) is 102 cm³/mol. The summed E-state index contributed by atoms with van der Waals surface area (Å²) in [5.41, 5.74) is 2.98. The molecule has 1 unspecified atom stereocenters. The summed E-state index contributed by atoms with van der Waals surface area (Å²) in [6.45, 7) is 2.07. The first kappa shape index (κ1) is 17.3. The maximum Gasteiger partial charge on any atom is 0.188 e. The van der Waals surface area contributed by atoms with Crippen molar-refractivity contribution >= 4 is 33.7 Å². The molecule has 0 spiro atoms. The van der Waals surface area contributed by atoms with Gasteiger partial charge in [0, 0.05) is 24.9 Å². The molecule has 25 heavy (non-hydrogen) atoms. The first-order valence-corrected chi connectivity index (χ1v) is 8.98. The average molecular weight is 355 g/mol. The molecule has 3 aromatic heterocycles. The highest BCUT2D eigenvalue weighted by Crippen LogP contribution is 2.26. The van der Waals surface area contributed by atoms with E-state index in [0.29, 0.717) is 0 Å². The molecular weight excluding hydrogens is 334 g/mol. The Morgan fingerprint density at radius 3 is 2.80 bits per heavy atom. The van der Waals surface area contributed by atoms with Crippen LogP contribution in [0.4, 0.5) is 22.3 Å². The van der Waals surface area contributed by atoms with Gasteiger partial charge in [0.1, 0.15) is 5.82 Å². The van der Waals surface area contributed by atoms with E-state index in [0.717, 1.165) is 40.7 Å². The molecule has 6 nitrogen and oxygen atoms in total. The third-order valence-electron chi connectivity index (χ3n) is 3.80. The number of aryl methyl sites for hydroxylation is 1. The summed E-state index contributed by atoms with van der Waals surface area (Å²) in [6, 6.07) is 5.98. The lowest BCUT2D eigenvalue weighted by Gasteiger charge is -2.14. The second-order valence-electron chi connectivity index (χ2n) is 5.65. The number of hydrogen-bond donors (Lipinski definition) is 2. The molecule has 3 rings (SSSR count). The van der Waals surface area contributed by atoms with Crippen LogP contribution in [0.15, 0.2) is 48.4 Å². The highest BCUT2D eigenvalue weighted by atomic mass is 32.1. The average Bonchev–Trinajstić information content (AvgIpc) is 3.15. The molecule has 3 heterocycles. The van der Waals surface area contributed by atoms with Crippen molar-refractivity contribution in [1.29, 1.82) is 0 Å². The van der Waals surface area contributed by atoms with E-state index in [1.807, 2.05) is 23.7 Å². The van der Waals surface area contributed by atoms with Gasteiger partial charge in [0.2, 0.25) is 0 Å². The van der Waals surface area contributed by atoms with Gasteiger partial charge in [-0.15, -0.1) is 11.3 Å². The normalized spacial score (nSPS) is 11.9. The smallest absolute Gasteiger partial charge is 0.188 e. The number of nitrogens with one attached hydrogen (secondary N) is 2. The molecule has 0 saturated carbocycles. The number of anilines is 4. The molecule has 0 amide bonds. The summed E-state index contributed by atoms with van der Waals surface area (Å²) in [5.74, 6) is 0.829. The van der Waals surface area contributed by atoms with Crippen molar-refractivity contribution in [2.24, 2.45) is 0 Å². The lowest BCUT2D eigenvalue weighted by Crippen LogP contribution is -2.08. The Morgan fingerprint density at radius 1 is 1.16 bits per heavy atom. The number of pyridine rings is 2. The quantitative estimate of drug-likeness (QED) is 0.624. The highest BCUT2D eigenvalue weighted by molar-refractivity contribution is 7.13. The molecular formula is C18H21N5OS. The molecule has 2 N–H and O–H groups in total. The Morgan fingerprint density at radius 2 is 2.08 bits per heavy atom. The van der Waals surface area contributed by atoms with E-state index in [2.05, 4.69) is 38.6 Å². The molecule has 1 atom stereocenters. The van der Waals surface area contributed by atoms with Crippen LogP contribution in [0.3, 0.4) is 0 Å². The third-order valence-corrected chi connectivity index (χ3v) is 4.49. The molecule has 0 aliphatic rings. The van der Waals surface area contributed by atoms with Crippen molar-refractivity contribution in [3.63, 3.8) is 0 Å². The molecule has 0 aromatic carbocycles. The standard InChI is InChI=1S/C18H21N5OS/c1-13(24-2)5-6-14-10-16(22-15-4-3-7-19-11-15)12-21-17(14)23-18-20-8-9-25-18/h3-4,7-13,22H,5-6H2,1-2H3,(H,20,21,23). The third kappa shape index (κ3) is 4.98. The van der Waals surface area contributed by atoms with Crippen molar-refractivity contribution in [1.82, 2.24) is 15.0 Å². The lowest BCUT2D eigenvalue weighted by atomic mass is 10.1. The Bertz CT molecular complexity index is 779. The largest absolute Gasteiger partial charge is 0.382 e. The highest BCUT2D eigenvalue weighted by Gasteiger charge is 2.10. The van der Waals surface area contributed by atoms with Crippen molar-refractivity contribution in [3.05, 3.63) is 53.9 Å². The fourth-order valence-electron chi connectivity index (χ4n) is 2.35. The van der Waals surface area contributed by atoms with Crippen LogP contribution in [0.1, 0.15) is 18.9 Å². The molecule has 0 fully saturated rings. The Kier molecular flexibility index (Phi) is 5.92. The van der Waals surface area contributed by atoms with Gasteiger partial charge < -0.3 is 15.4 Å². The number of nitrogens with zero attached hydrogens (tertiary/aromatic N) is 3. The molecule has 7 heteroatoms. The maximum absolute atomic E-state index is 5.37. The first-order chi connectivity index (χ1) is 12.2. The Hall–Kier alpha value is -2.51. The van der Waals surface area contributed by atoms with Gasteiger partial charge in [-0.2, -0.15) is 0 Å². The van der Waals surface area contributed by atoms with Gasteiger partial charge in [0.05, 0.1) is 29.9 Å². The summed E-state index contributed by atoms with van der Waals surface area (Å²) in [6.07, 6.45) is 9.10. The number of methoxy groups -OCH3 is 1. The first-order valence-electron chi connectivity index (χ1n) is 8.10. The molecule has 0 radical (unpaired) electrons. The van der Waals surface area contributed by atoms with Gasteiger partial charge in [-0.05, 0) is 43.5 Å². The zero-order valence-electron chi connectivity index (χ0n) is 14.3. The van der Waals surface area contributed by atoms with Crippen molar-refractivity contribution in [2.75, 3.05) is 17.7 Å². The monoisotopic (exact) mass is 355 g/mol. The summed E-state index contributed by atoms with van der Waals surface area (Å²) in [5, 5.41) is 9.41. The SMILES string of the molecule is COC(C)CCc1cc(Nc2cccnc2)cnc1Nc1nccs1. The molecule has 0 bridgehead atoms. The van der Waals surface area contributed by atoms with Gasteiger partial charge in [0.15, 0.2) is 5.13 Å². The minimum Gasteiger partial charge on any atom is -0.382 e.